The van der Waals surface area contributed by atoms with E-state index in [9.17, 15) is 9.59 Å². The quantitative estimate of drug-likeness (QED) is 0.285. The van der Waals surface area contributed by atoms with Crippen LogP contribution in [0.2, 0.25) is 0 Å². The fraction of sp³-hybridized carbons (Fsp3) is 0.348. The number of hydrogen-bond donors (Lipinski definition) is 1. The van der Waals surface area contributed by atoms with E-state index in [1.807, 2.05) is 32.0 Å². The minimum absolute atomic E-state index is 0.0771. The minimum Gasteiger partial charge on any atom is -0.325 e. The number of nitrogens with one attached hydrogen (secondary N) is 1. The number of aromatic nitrogens is 2. The fourth-order valence-corrected chi connectivity index (χ4v) is 5.16. The van der Waals surface area contributed by atoms with Gasteiger partial charge in [-0.3, -0.25) is 14.2 Å². The summed E-state index contributed by atoms with van der Waals surface area (Å²) in [4.78, 5) is 32.2. The molecule has 1 aromatic carbocycles. The summed E-state index contributed by atoms with van der Waals surface area (Å²) in [6.45, 7) is 12.3. The second kappa shape index (κ2) is 9.62. The number of anilines is 1. The van der Waals surface area contributed by atoms with Crippen molar-refractivity contribution in [2.45, 2.75) is 51.7 Å². The van der Waals surface area contributed by atoms with Crippen LogP contribution in [0.3, 0.4) is 0 Å². The van der Waals surface area contributed by atoms with Crippen molar-refractivity contribution in [3.63, 3.8) is 0 Å². The molecule has 0 aliphatic carbocycles. The molecule has 2 heterocycles. The molecule has 0 aliphatic rings. The lowest BCUT2D eigenvalue weighted by atomic mass is 9.97. The molecule has 3 aromatic rings. The zero-order valence-electron chi connectivity index (χ0n) is 17.8. The average molecular weight is 442 g/mol. The van der Waals surface area contributed by atoms with Gasteiger partial charge >= 0.3 is 0 Å². The topological polar surface area (TPSA) is 64.0 Å². The lowest BCUT2D eigenvalue weighted by Gasteiger charge is -2.16. The molecule has 0 spiro atoms. The van der Waals surface area contributed by atoms with Crippen molar-refractivity contribution < 1.29 is 4.79 Å². The van der Waals surface area contributed by atoms with E-state index >= 15 is 0 Å². The zero-order valence-corrected chi connectivity index (χ0v) is 19.5. The van der Waals surface area contributed by atoms with Crippen LogP contribution in [0.25, 0.3) is 10.2 Å². The summed E-state index contributed by atoms with van der Waals surface area (Å²) in [6, 6.07) is 7.90. The molecule has 1 amide bonds. The number of fused-ring (bicyclic) bond motifs is 1. The van der Waals surface area contributed by atoms with E-state index < -0.39 is 0 Å². The highest BCUT2D eigenvalue weighted by Gasteiger charge is 2.18. The van der Waals surface area contributed by atoms with E-state index in [0.717, 1.165) is 32.9 Å². The largest absolute Gasteiger partial charge is 0.325 e. The molecule has 0 radical (unpaired) electrons. The van der Waals surface area contributed by atoms with Crippen LogP contribution in [0.1, 0.15) is 42.2 Å². The second-order valence-electron chi connectivity index (χ2n) is 7.30. The molecule has 0 saturated carbocycles. The van der Waals surface area contributed by atoms with Crippen molar-refractivity contribution in [3.05, 3.63) is 63.3 Å². The monoisotopic (exact) mass is 441 g/mol. The minimum atomic E-state index is -0.117. The third kappa shape index (κ3) is 4.52. The van der Waals surface area contributed by atoms with Gasteiger partial charge < -0.3 is 5.32 Å². The van der Waals surface area contributed by atoms with E-state index in [2.05, 4.69) is 31.8 Å². The molecule has 1 atom stereocenters. The second-order valence-corrected chi connectivity index (χ2v) is 9.44. The Kier molecular flexibility index (Phi) is 7.15. The van der Waals surface area contributed by atoms with Crippen LogP contribution < -0.4 is 10.9 Å². The summed E-state index contributed by atoms with van der Waals surface area (Å²) in [5.41, 5.74) is 2.87. The summed E-state index contributed by atoms with van der Waals surface area (Å²) >= 11 is 2.79. The number of amides is 1. The molecular weight excluding hydrogens is 414 g/mol. The summed E-state index contributed by atoms with van der Waals surface area (Å²) in [5.74, 6) is 0.419. The first-order valence-electron chi connectivity index (χ1n) is 10.00. The molecule has 2 aromatic heterocycles. The smallest absolute Gasteiger partial charge is 0.263 e. The lowest BCUT2D eigenvalue weighted by molar-refractivity contribution is -0.113. The van der Waals surface area contributed by atoms with Gasteiger partial charge in [0.2, 0.25) is 5.91 Å². The molecule has 0 fully saturated rings. The van der Waals surface area contributed by atoms with Gasteiger partial charge in [0.1, 0.15) is 4.83 Å². The van der Waals surface area contributed by atoms with Gasteiger partial charge in [0.25, 0.3) is 5.56 Å². The predicted octanol–water partition coefficient (Wildman–Crippen LogP) is 5.51. The number of nitrogens with zero attached hydrogens (tertiary/aromatic N) is 2. The van der Waals surface area contributed by atoms with Crippen LogP contribution in [0.5, 0.6) is 0 Å². The number of rotatable bonds is 8. The highest BCUT2D eigenvalue weighted by Crippen LogP contribution is 2.29. The van der Waals surface area contributed by atoms with Gasteiger partial charge in [0.15, 0.2) is 5.16 Å². The number of carbonyl (C=O) groups excluding carboxylic acids is 1. The van der Waals surface area contributed by atoms with Gasteiger partial charge in [0, 0.05) is 17.1 Å². The van der Waals surface area contributed by atoms with E-state index in [-0.39, 0.29) is 17.2 Å². The van der Waals surface area contributed by atoms with Crippen LogP contribution >= 0.6 is 23.1 Å². The van der Waals surface area contributed by atoms with E-state index in [1.165, 1.54) is 23.1 Å². The standard InChI is InChI=1S/C23H27N3O2S2/c1-6-12-26-22(28)20-15(4)16(5)30-21(20)25-23(26)29-13-19(27)24-18-11-9-8-10-17(18)14(3)7-2/h6,8-11,14H,1,7,12-13H2,2-5H3,(H,24,27)/t14-/m1/s1. The number of aryl methyl sites for hydroxylation is 2. The Bertz CT molecular complexity index is 1150. The Morgan fingerprint density at radius 1 is 1.37 bits per heavy atom. The lowest BCUT2D eigenvalue weighted by Crippen LogP contribution is -2.23. The zero-order chi connectivity index (χ0) is 21.8. The maximum absolute atomic E-state index is 13.0. The first kappa shape index (κ1) is 22.3. The molecule has 7 heteroatoms. The number of carbonyl (C=O) groups is 1. The Labute approximate surface area is 185 Å². The third-order valence-electron chi connectivity index (χ3n) is 5.28. The summed E-state index contributed by atoms with van der Waals surface area (Å²) in [6.07, 6.45) is 2.68. The van der Waals surface area contributed by atoms with Crippen LogP contribution in [-0.4, -0.2) is 21.2 Å². The number of thioether (sulfide) groups is 1. The van der Waals surface area contributed by atoms with E-state index in [0.29, 0.717) is 23.0 Å². The Morgan fingerprint density at radius 2 is 2.10 bits per heavy atom. The Balaban J connectivity index is 1.84. The van der Waals surface area contributed by atoms with Gasteiger partial charge in [-0.15, -0.1) is 17.9 Å². The van der Waals surface area contributed by atoms with Gasteiger partial charge in [-0.05, 0) is 43.4 Å². The maximum Gasteiger partial charge on any atom is 0.263 e. The van der Waals surface area contributed by atoms with Crippen LogP contribution in [0, 0.1) is 13.8 Å². The molecular formula is C23H27N3O2S2. The summed E-state index contributed by atoms with van der Waals surface area (Å²) in [7, 11) is 0. The average Bonchev–Trinajstić information content (AvgIpc) is 3.02. The van der Waals surface area contributed by atoms with Crippen molar-refractivity contribution in [2.75, 3.05) is 11.1 Å². The molecule has 0 aliphatic heterocycles. The van der Waals surface area contributed by atoms with Crippen molar-refractivity contribution in [2.24, 2.45) is 0 Å². The van der Waals surface area contributed by atoms with Crippen molar-refractivity contribution in [3.8, 4) is 0 Å². The number of thiophene rings is 1. The predicted molar refractivity (Wildman–Crippen MR) is 128 cm³/mol. The van der Waals surface area contributed by atoms with E-state index in [1.54, 1.807) is 10.6 Å². The number of allylic oxidation sites excluding steroid dienone is 1. The van der Waals surface area contributed by atoms with Crippen LogP contribution in [0.4, 0.5) is 5.69 Å². The first-order chi connectivity index (χ1) is 14.4. The number of benzene rings is 1. The number of para-hydroxylation sites is 1. The van der Waals surface area contributed by atoms with Gasteiger partial charge in [-0.2, -0.15) is 0 Å². The third-order valence-corrected chi connectivity index (χ3v) is 7.35. The highest BCUT2D eigenvalue weighted by molar-refractivity contribution is 7.99. The highest BCUT2D eigenvalue weighted by atomic mass is 32.2. The van der Waals surface area contributed by atoms with Crippen molar-refractivity contribution in [1.29, 1.82) is 0 Å². The normalized spacial score (nSPS) is 12.1. The van der Waals surface area contributed by atoms with E-state index in [4.69, 9.17) is 4.98 Å². The molecule has 1 N–H and O–H groups in total. The Hall–Kier alpha value is -2.38. The van der Waals surface area contributed by atoms with Crippen LogP contribution in [0.15, 0.2) is 46.9 Å². The molecule has 158 valence electrons. The Morgan fingerprint density at radius 3 is 2.80 bits per heavy atom. The molecule has 3 rings (SSSR count). The van der Waals surface area contributed by atoms with Crippen LogP contribution in [-0.2, 0) is 11.3 Å². The van der Waals surface area contributed by atoms with Crippen molar-refractivity contribution in [1.82, 2.24) is 9.55 Å². The van der Waals surface area contributed by atoms with Gasteiger partial charge in [0.05, 0.1) is 11.1 Å². The summed E-state index contributed by atoms with van der Waals surface area (Å²) < 4.78 is 1.60. The van der Waals surface area contributed by atoms with Gasteiger partial charge in [-0.1, -0.05) is 49.9 Å². The molecule has 30 heavy (non-hydrogen) atoms. The SMILES string of the molecule is C=CCn1c(SCC(=O)Nc2ccccc2[C@H](C)CC)nc2sc(C)c(C)c2c1=O. The molecule has 0 saturated heterocycles. The number of hydrogen-bond acceptors (Lipinski definition) is 5. The first-order valence-corrected chi connectivity index (χ1v) is 11.8. The maximum atomic E-state index is 13.0. The molecule has 0 bridgehead atoms. The molecule has 5 nitrogen and oxygen atoms in total. The summed E-state index contributed by atoms with van der Waals surface area (Å²) in [5, 5.41) is 4.22. The van der Waals surface area contributed by atoms with Crippen molar-refractivity contribution >= 4 is 44.9 Å². The fourth-order valence-electron chi connectivity index (χ4n) is 3.29. The van der Waals surface area contributed by atoms with Gasteiger partial charge in [-0.25, -0.2) is 4.98 Å². The molecule has 0 unspecified atom stereocenters.